The Morgan fingerprint density at radius 3 is 1.27 bits per heavy atom. The molecule has 6 fully saturated rings. The zero-order valence-electron chi connectivity index (χ0n) is 40.6. The third-order valence-corrected chi connectivity index (χ3v) is 15.8. The summed E-state index contributed by atoms with van der Waals surface area (Å²) in [6.45, 7) is 30.2. The van der Waals surface area contributed by atoms with Gasteiger partial charge in [0.15, 0.2) is 0 Å². The van der Waals surface area contributed by atoms with E-state index in [-0.39, 0.29) is 29.3 Å². The molecular formula is C46H96N4O6S3. The van der Waals surface area contributed by atoms with E-state index in [1.54, 1.807) is 0 Å². The van der Waals surface area contributed by atoms with Gasteiger partial charge in [0.2, 0.25) is 30.1 Å². The van der Waals surface area contributed by atoms with E-state index in [2.05, 4.69) is 67.9 Å². The predicted octanol–water partition coefficient (Wildman–Crippen LogP) is 10.0. The van der Waals surface area contributed by atoms with Crippen LogP contribution < -0.4 is 19.5 Å². The first kappa shape index (κ1) is 56.7. The molecule has 0 aromatic heterocycles. The van der Waals surface area contributed by atoms with Crippen LogP contribution in [0.25, 0.3) is 0 Å². The van der Waals surface area contributed by atoms with Crippen molar-refractivity contribution in [2.24, 2.45) is 46.8 Å². The molecule has 0 saturated heterocycles. The largest absolute Gasteiger partial charge is 0.312 e. The second kappa shape index (κ2) is 26.5. The lowest BCUT2D eigenvalue weighted by Gasteiger charge is -2.19. The zero-order chi connectivity index (χ0) is 45.2. The molecule has 6 aliphatic rings. The first-order chi connectivity index (χ1) is 27.0. The average molecular weight is 897 g/mol. The number of rotatable bonds is 20. The van der Waals surface area contributed by atoms with Gasteiger partial charge in [0.1, 0.15) is 0 Å². The van der Waals surface area contributed by atoms with Gasteiger partial charge in [0.05, 0.1) is 17.3 Å². The molecule has 0 bridgehead atoms. The highest BCUT2D eigenvalue weighted by Gasteiger charge is 2.41. The van der Waals surface area contributed by atoms with Gasteiger partial charge in [-0.3, -0.25) is 0 Å². The van der Waals surface area contributed by atoms with Gasteiger partial charge < -0.3 is 5.32 Å². The lowest BCUT2D eigenvalue weighted by molar-refractivity contribution is 0.416. The Kier molecular flexibility index (Phi) is 25.4. The zero-order valence-corrected chi connectivity index (χ0v) is 43.0. The molecule has 0 atom stereocenters. The van der Waals surface area contributed by atoms with Gasteiger partial charge in [-0.05, 0) is 167 Å². The summed E-state index contributed by atoms with van der Waals surface area (Å²) in [7, 11) is -8.98. The summed E-state index contributed by atoms with van der Waals surface area (Å²) in [5.41, 5.74) is 0.392. The quantitative estimate of drug-likeness (QED) is 0.0950. The van der Waals surface area contributed by atoms with Crippen molar-refractivity contribution >= 4 is 30.1 Å². The van der Waals surface area contributed by atoms with Crippen LogP contribution in [-0.4, -0.2) is 72.7 Å². The van der Waals surface area contributed by atoms with Crippen LogP contribution in [0.4, 0.5) is 0 Å². The van der Waals surface area contributed by atoms with Crippen molar-refractivity contribution in [2.75, 3.05) is 23.8 Å². The van der Waals surface area contributed by atoms with E-state index in [9.17, 15) is 25.3 Å². The van der Waals surface area contributed by atoms with E-state index >= 15 is 0 Å². The fourth-order valence-electron chi connectivity index (χ4n) is 6.13. The smallest absolute Gasteiger partial charge is 0.212 e. The summed E-state index contributed by atoms with van der Waals surface area (Å²) in [6.07, 6.45) is 20.9. The number of hydrogen-bond acceptors (Lipinski definition) is 7. The van der Waals surface area contributed by atoms with E-state index in [4.69, 9.17) is 0 Å². The molecule has 13 heteroatoms. The summed E-state index contributed by atoms with van der Waals surface area (Å²) in [4.78, 5) is 0. The van der Waals surface area contributed by atoms with Crippen molar-refractivity contribution in [2.45, 2.75) is 223 Å². The minimum absolute atomic E-state index is 0.0114. The molecule has 10 nitrogen and oxygen atoms in total. The minimum atomic E-state index is -3.03. The number of nitrogens with one attached hydrogen (secondary N) is 4. The monoisotopic (exact) mass is 897 g/mol. The third kappa shape index (κ3) is 40.2. The van der Waals surface area contributed by atoms with E-state index in [1.165, 1.54) is 77.2 Å². The van der Waals surface area contributed by atoms with Crippen molar-refractivity contribution in [3.05, 3.63) is 0 Å². The maximum Gasteiger partial charge on any atom is 0.212 e. The van der Waals surface area contributed by atoms with Gasteiger partial charge in [-0.25, -0.2) is 39.4 Å². The summed E-state index contributed by atoms with van der Waals surface area (Å²) >= 11 is 0. The van der Waals surface area contributed by atoms with Crippen LogP contribution in [-0.2, 0) is 30.1 Å². The van der Waals surface area contributed by atoms with E-state index in [0.29, 0.717) is 28.9 Å². The minimum Gasteiger partial charge on any atom is -0.312 e. The highest BCUT2D eigenvalue weighted by Crippen LogP contribution is 2.45. The van der Waals surface area contributed by atoms with Gasteiger partial charge in [0.25, 0.3) is 0 Å². The van der Waals surface area contributed by atoms with Crippen LogP contribution in [0.2, 0.25) is 0 Å². The molecule has 0 aromatic carbocycles. The lowest BCUT2D eigenvalue weighted by atomic mass is 10.1. The Labute approximate surface area is 367 Å². The van der Waals surface area contributed by atoms with Crippen LogP contribution in [0.1, 0.15) is 200 Å². The molecule has 0 unspecified atom stereocenters. The molecule has 59 heavy (non-hydrogen) atoms. The number of hydrogen-bond donors (Lipinski definition) is 4. The van der Waals surface area contributed by atoms with Gasteiger partial charge in [0, 0.05) is 23.7 Å². The Hall–Kier alpha value is -0.310. The van der Waals surface area contributed by atoms with Crippen LogP contribution in [0.3, 0.4) is 0 Å². The van der Waals surface area contributed by atoms with Crippen molar-refractivity contribution in [3.63, 3.8) is 0 Å². The maximum absolute atomic E-state index is 11.4. The Morgan fingerprint density at radius 2 is 0.932 bits per heavy atom. The topological polar surface area (TPSA) is 151 Å². The molecule has 6 rings (SSSR count). The summed E-state index contributed by atoms with van der Waals surface area (Å²) in [5, 5.41) is 3.48. The van der Waals surface area contributed by atoms with Gasteiger partial charge in [-0.1, -0.05) is 86.0 Å². The highest BCUT2D eigenvalue weighted by molar-refractivity contribution is 7.90. The molecule has 4 N–H and O–H groups in total. The second-order valence-corrected chi connectivity index (χ2v) is 27.7. The maximum atomic E-state index is 11.4. The molecule has 0 radical (unpaired) electrons. The molecule has 0 heterocycles. The molecular weight excluding hydrogens is 801 g/mol. The van der Waals surface area contributed by atoms with Crippen molar-refractivity contribution in [3.8, 4) is 0 Å². The first-order valence-electron chi connectivity index (χ1n) is 23.7. The highest BCUT2D eigenvalue weighted by atomic mass is 32.2. The lowest BCUT2D eigenvalue weighted by Crippen LogP contribution is -2.37. The molecule has 354 valence electrons. The van der Waals surface area contributed by atoms with Crippen LogP contribution in [0, 0.1) is 46.8 Å². The normalized spacial score (nSPS) is 20.0. The summed E-state index contributed by atoms with van der Waals surface area (Å²) in [5.74, 6) is 7.17. The third-order valence-electron chi connectivity index (χ3n) is 10.5. The fraction of sp³-hybridized carbons (Fsp3) is 1.00. The second-order valence-electron chi connectivity index (χ2n) is 22.2. The SMILES string of the molecule is CC(C)(C)NCC1CC1.CC(C)CC1CC1.CC(C)CCC1CC1.CC(C)NS(=O)(=O)CC1(C)CC1.CC(C)NS(=O)(=O)CC1CC1.CC(C)NS(=O)(=O)CCC1CC1. The Bertz CT molecular complexity index is 1440. The van der Waals surface area contributed by atoms with Crippen molar-refractivity contribution in [1.29, 1.82) is 0 Å². The standard InChI is InChI=1S/2C8H17NO2S.C8H17N.C8H16.C7H15NO2S.C7H14/c1-7(2)9-12(10,11)6-8(3)4-5-8;1-7(2)9-12(10,11)6-5-8-3-4-8;1-8(2,3)9-6-7-4-5-7;1-7(2)3-4-8-5-6-8;1-6(2)8-11(9,10)5-7-3-4-7;1-6(2)5-7-3-4-7/h7,9H,4-6H2,1-3H3;7-9H,3-6H2,1-2H3;7,9H,4-6H2,1-3H3;7-8H,3-6H2,1-2H3;6-8H,3-5H2,1-2H3;6-7H,3-5H2,1-2H3. The van der Waals surface area contributed by atoms with Crippen molar-refractivity contribution < 1.29 is 25.3 Å². The molecule has 6 aliphatic carbocycles. The molecule has 0 amide bonds. The summed E-state index contributed by atoms with van der Waals surface area (Å²) in [6, 6.07) is 0.0605. The molecule has 0 spiro atoms. The van der Waals surface area contributed by atoms with Gasteiger partial charge in [-0.15, -0.1) is 0 Å². The average Bonchev–Trinajstić information content (AvgIpc) is 3.82. The van der Waals surface area contributed by atoms with Gasteiger partial charge in [-0.2, -0.15) is 0 Å². The molecule has 0 aliphatic heterocycles. The Morgan fingerprint density at radius 1 is 0.525 bits per heavy atom. The van der Waals surface area contributed by atoms with Gasteiger partial charge >= 0.3 is 0 Å². The van der Waals surface area contributed by atoms with Crippen LogP contribution in [0.15, 0.2) is 0 Å². The molecule has 0 aromatic rings. The first-order valence-corrected chi connectivity index (χ1v) is 28.7. The number of sulfonamides is 3. The Balaban J connectivity index is 0.000000357. The molecule has 6 saturated carbocycles. The van der Waals surface area contributed by atoms with E-state index in [0.717, 1.165) is 61.7 Å². The summed E-state index contributed by atoms with van der Waals surface area (Å²) < 4.78 is 75.4. The van der Waals surface area contributed by atoms with E-state index < -0.39 is 30.1 Å². The van der Waals surface area contributed by atoms with Crippen LogP contribution in [0.5, 0.6) is 0 Å². The van der Waals surface area contributed by atoms with Crippen LogP contribution >= 0.6 is 0 Å². The fourth-order valence-corrected chi connectivity index (χ4v) is 11.4. The van der Waals surface area contributed by atoms with Crippen molar-refractivity contribution in [1.82, 2.24) is 19.5 Å². The van der Waals surface area contributed by atoms with E-state index in [1.807, 2.05) is 48.5 Å². The predicted molar refractivity (Wildman–Crippen MR) is 253 cm³/mol.